The zero-order valence-corrected chi connectivity index (χ0v) is 9.69. The summed E-state index contributed by atoms with van der Waals surface area (Å²) in [6.45, 7) is 3.68. The van der Waals surface area contributed by atoms with Gasteiger partial charge in [-0.15, -0.1) is 0 Å². The van der Waals surface area contributed by atoms with Gasteiger partial charge in [0.1, 0.15) is 0 Å². The van der Waals surface area contributed by atoms with Crippen LogP contribution in [0.3, 0.4) is 0 Å². The highest BCUT2D eigenvalue weighted by Gasteiger charge is 1.91. The first kappa shape index (κ1) is 16.2. The van der Waals surface area contributed by atoms with Crippen molar-refractivity contribution in [1.82, 2.24) is 9.80 Å². The van der Waals surface area contributed by atoms with Gasteiger partial charge in [0, 0.05) is 13.1 Å². The normalized spacial score (nSPS) is 10.3. The maximum Gasteiger partial charge on any atom is 0.0593 e. The van der Waals surface area contributed by atoms with Crippen LogP contribution in [0.5, 0.6) is 0 Å². The van der Waals surface area contributed by atoms with Crippen molar-refractivity contribution in [2.24, 2.45) is 11.8 Å². The van der Waals surface area contributed by atoms with E-state index >= 15 is 0 Å². The lowest BCUT2D eigenvalue weighted by atomic mass is 10.6. The molecular formula is C8H24N4O2. The minimum absolute atomic E-state index is 0.834. The van der Waals surface area contributed by atoms with Gasteiger partial charge in [0.05, 0.1) is 13.2 Å². The van der Waals surface area contributed by atoms with E-state index in [1.807, 2.05) is 0 Å². The average molecular weight is 208 g/mol. The van der Waals surface area contributed by atoms with Crippen molar-refractivity contribution >= 4 is 0 Å². The SMILES string of the molecule is CN(C)CCOCCN(C)C.NON. The Morgan fingerprint density at radius 3 is 1.36 bits per heavy atom. The predicted molar refractivity (Wildman–Crippen MR) is 57.4 cm³/mol. The number of hydrogen-bond acceptors (Lipinski definition) is 6. The standard InChI is InChI=1S/C8H20N2O.H4N2O/c1-9(2)5-7-11-8-6-10(3)4;1-3-2/h5-8H2,1-4H3;1-2H2. The number of nitrogens with zero attached hydrogens (tertiary/aromatic N) is 2. The molecule has 0 amide bonds. The number of rotatable bonds is 6. The molecule has 0 aromatic carbocycles. The molecule has 0 unspecified atom stereocenters. The van der Waals surface area contributed by atoms with E-state index in [0.717, 1.165) is 26.3 Å². The number of hydrogen-bond donors (Lipinski definition) is 2. The minimum atomic E-state index is 0.834. The smallest absolute Gasteiger partial charge is 0.0593 e. The van der Waals surface area contributed by atoms with E-state index in [1.54, 1.807) is 0 Å². The monoisotopic (exact) mass is 208 g/mol. The summed E-state index contributed by atoms with van der Waals surface area (Å²) in [6.07, 6.45) is 0. The highest BCUT2D eigenvalue weighted by molar-refractivity contribution is 4.42. The van der Waals surface area contributed by atoms with Crippen LogP contribution in [0.2, 0.25) is 0 Å². The maximum atomic E-state index is 5.37. The Morgan fingerprint density at radius 2 is 1.14 bits per heavy atom. The summed E-state index contributed by atoms with van der Waals surface area (Å²) >= 11 is 0. The van der Waals surface area contributed by atoms with Crippen molar-refractivity contribution in [3.8, 4) is 0 Å². The van der Waals surface area contributed by atoms with Crippen molar-refractivity contribution in [2.75, 3.05) is 54.5 Å². The molecular weight excluding hydrogens is 184 g/mol. The lowest BCUT2D eigenvalue weighted by molar-refractivity contribution is 0.104. The second-order valence-electron chi connectivity index (χ2n) is 3.36. The third-order valence-electron chi connectivity index (χ3n) is 1.37. The molecule has 0 rings (SSSR count). The molecule has 0 aromatic rings. The predicted octanol–water partition coefficient (Wildman–Crippen LogP) is -1.12. The fourth-order valence-electron chi connectivity index (χ4n) is 0.596. The van der Waals surface area contributed by atoms with Crippen LogP contribution in [0.25, 0.3) is 0 Å². The van der Waals surface area contributed by atoms with Crippen molar-refractivity contribution in [3.05, 3.63) is 0 Å². The summed E-state index contributed by atoms with van der Waals surface area (Å²) in [7, 11) is 8.20. The van der Waals surface area contributed by atoms with Gasteiger partial charge >= 0.3 is 0 Å². The van der Waals surface area contributed by atoms with Crippen LogP contribution in [0.4, 0.5) is 0 Å². The van der Waals surface area contributed by atoms with Gasteiger partial charge in [-0.05, 0) is 28.2 Å². The van der Waals surface area contributed by atoms with Crippen LogP contribution >= 0.6 is 0 Å². The Bertz CT molecular complexity index is 91.3. The molecule has 0 bridgehead atoms. The second-order valence-corrected chi connectivity index (χ2v) is 3.36. The summed E-state index contributed by atoms with van der Waals surface area (Å²) in [4.78, 5) is 7.49. The van der Waals surface area contributed by atoms with Gasteiger partial charge in [-0.3, -0.25) is 0 Å². The van der Waals surface area contributed by atoms with Crippen LogP contribution in [0.15, 0.2) is 0 Å². The lowest BCUT2D eigenvalue weighted by Crippen LogP contribution is -2.22. The zero-order valence-electron chi connectivity index (χ0n) is 9.69. The van der Waals surface area contributed by atoms with Crippen LogP contribution in [0.1, 0.15) is 0 Å². The molecule has 4 N–H and O–H groups in total. The van der Waals surface area contributed by atoms with Crippen molar-refractivity contribution in [2.45, 2.75) is 0 Å². The molecule has 0 saturated carbocycles. The molecule has 0 aliphatic carbocycles. The summed E-state index contributed by atoms with van der Waals surface area (Å²) in [5.41, 5.74) is 0. The Labute approximate surface area is 86.6 Å². The fraction of sp³-hybridized carbons (Fsp3) is 1.00. The molecule has 6 nitrogen and oxygen atoms in total. The largest absolute Gasteiger partial charge is 0.379 e. The molecule has 0 aliphatic rings. The lowest BCUT2D eigenvalue weighted by Gasteiger charge is -2.12. The van der Waals surface area contributed by atoms with E-state index < -0.39 is 0 Å². The average Bonchev–Trinajstić information content (AvgIpc) is 2.04. The molecule has 0 heterocycles. The summed E-state index contributed by atoms with van der Waals surface area (Å²) in [5.74, 6) is 8.25. The van der Waals surface area contributed by atoms with Crippen LogP contribution < -0.4 is 11.8 Å². The minimum Gasteiger partial charge on any atom is -0.379 e. The molecule has 88 valence electrons. The third kappa shape index (κ3) is 22.6. The molecule has 0 radical (unpaired) electrons. The molecule has 0 fully saturated rings. The molecule has 0 aliphatic heterocycles. The Hall–Kier alpha value is -0.240. The van der Waals surface area contributed by atoms with Gasteiger partial charge in [-0.1, -0.05) is 0 Å². The zero-order chi connectivity index (χ0) is 11.4. The summed E-state index contributed by atoms with van der Waals surface area (Å²) in [5, 5.41) is 0. The van der Waals surface area contributed by atoms with Crippen molar-refractivity contribution < 1.29 is 9.68 Å². The molecule has 0 saturated heterocycles. The topological polar surface area (TPSA) is 77.0 Å². The number of nitrogens with two attached hydrogens (primary N) is 2. The summed E-state index contributed by atoms with van der Waals surface area (Å²) in [6, 6.07) is 0. The first-order valence-corrected chi connectivity index (χ1v) is 4.47. The first-order chi connectivity index (χ1) is 6.54. The highest BCUT2D eigenvalue weighted by Crippen LogP contribution is 1.80. The van der Waals surface area contributed by atoms with Crippen molar-refractivity contribution in [3.63, 3.8) is 0 Å². The quantitative estimate of drug-likeness (QED) is 0.425. The molecule has 0 aromatic heterocycles. The van der Waals surface area contributed by atoms with Gasteiger partial charge in [0.2, 0.25) is 0 Å². The van der Waals surface area contributed by atoms with Crippen LogP contribution in [-0.2, 0) is 9.68 Å². The van der Waals surface area contributed by atoms with E-state index in [4.69, 9.17) is 4.74 Å². The molecule has 0 spiro atoms. The number of likely N-dealkylation sites (N-methyl/N-ethyl adjacent to an activating group) is 2. The van der Waals surface area contributed by atoms with Crippen LogP contribution in [-0.4, -0.2) is 64.3 Å². The van der Waals surface area contributed by atoms with E-state index in [1.165, 1.54) is 0 Å². The van der Waals surface area contributed by atoms with Crippen molar-refractivity contribution in [1.29, 1.82) is 0 Å². The van der Waals surface area contributed by atoms with Gasteiger partial charge < -0.3 is 14.5 Å². The van der Waals surface area contributed by atoms with E-state index in [2.05, 4.69) is 54.7 Å². The number of ether oxygens (including phenoxy) is 1. The van der Waals surface area contributed by atoms with E-state index in [-0.39, 0.29) is 0 Å². The fourth-order valence-corrected chi connectivity index (χ4v) is 0.596. The van der Waals surface area contributed by atoms with Gasteiger partial charge in [0.25, 0.3) is 0 Å². The molecule has 0 atom stereocenters. The molecule has 14 heavy (non-hydrogen) atoms. The van der Waals surface area contributed by atoms with Gasteiger partial charge in [-0.25, -0.2) is 4.94 Å². The Kier molecular flexibility index (Phi) is 14.8. The third-order valence-corrected chi connectivity index (χ3v) is 1.37. The second kappa shape index (κ2) is 12.8. The first-order valence-electron chi connectivity index (χ1n) is 4.47. The van der Waals surface area contributed by atoms with E-state index in [9.17, 15) is 0 Å². The Balaban J connectivity index is 0. The Morgan fingerprint density at radius 1 is 0.857 bits per heavy atom. The highest BCUT2D eigenvalue weighted by atomic mass is 16.7. The van der Waals surface area contributed by atoms with Gasteiger partial charge in [-0.2, -0.15) is 11.8 Å². The van der Waals surface area contributed by atoms with Crippen LogP contribution in [0, 0.1) is 0 Å². The molecule has 6 heteroatoms. The summed E-state index contributed by atoms with van der Waals surface area (Å²) < 4.78 is 5.37. The van der Waals surface area contributed by atoms with Gasteiger partial charge in [0.15, 0.2) is 0 Å². The maximum absolute atomic E-state index is 5.37. The van der Waals surface area contributed by atoms with E-state index in [0.29, 0.717) is 0 Å².